The number of carbonyl (C=O) groups is 2. The van der Waals surface area contributed by atoms with Crippen LogP contribution in [0.5, 0.6) is 5.75 Å². The number of benzene rings is 1. The first-order valence-corrected chi connectivity index (χ1v) is 9.78. The molecule has 3 heterocycles. The minimum Gasteiger partial charge on any atom is -0.554 e. The lowest BCUT2D eigenvalue weighted by Gasteiger charge is -2.16. The van der Waals surface area contributed by atoms with Gasteiger partial charge in [-0.05, 0) is 25.1 Å². The predicted octanol–water partition coefficient (Wildman–Crippen LogP) is 0.767. The normalized spacial score (nSPS) is 11.2. The highest BCUT2D eigenvalue weighted by atomic mass is 19.4. The monoisotopic (exact) mass is 479 g/mol. The number of hydrogen-bond donors (Lipinski definition) is 2. The molecule has 4 rings (SSSR count). The van der Waals surface area contributed by atoms with E-state index in [9.17, 15) is 18.0 Å². The molecule has 11 nitrogen and oxygen atoms in total. The number of anilines is 2. The molecule has 0 bridgehead atoms. The van der Waals surface area contributed by atoms with Crippen molar-refractivity contribution in [3.63, 3.8) is 0 Å². The van der Waals surface area contributed by atoms with Gasteiger partial charge in [0.2, 0.25) is 6.41 Å². The molecule has 4 aromatic rings. The van der Waals surface area contributed by atoms with Gasteiger partial charge in [0.15, 0.2) is 28.3 Å². The molecule has 0 aliphatic rings. The number of carboxylic acid groups (broad SMARTS) is 1. The number of aromatic amines is 1. The molecule has 0 spiro atoms. The minimum atomic E-state index is -4.79. The Bertz CT molecular complexity index is 1330. The van der Waals surface area contributed by atoms with Crippen molar-refractivity contribution >= 4 is 46.7 Å². The number of carbonyl (C=O) groups excluding carboxylic acids is 2. The summed E-state index contributed by atoms with van der Waals surface area (Å²) < 4.78 is 45.5. The number of rotatable bonds is 6. The molecule has 0 atom stereocenters. The number of nitrogens with one attached hydrogen (secondary N) is 1. The van der Waals surface area contributed by atoms with Gasteiger partial charge in [0.1, 0.15) is 17.8 Å². The van der Waals surface area contributed by atoms with Gasteiger partial charge in [0.25, 0.3) is 5.82 Å². The van der Waals surface area contributed by atoms with E-state index in [-0.39, 0.29) is 23.9 Å². The molecule has 3 N–H and O–H groups in total. The van der Waals surface area contributed by atoms with Gasteiger partial charge in [0.05, 0.1) is 13.6 Å². The first-order valence-electron chi connectivity index (χ1n) is 9.78. The van der Waals surface area contributed by atoms with Crippen molar-refractivity contribution in [2.24, 2.45) is 7.05 Å². The summed E-state index contributed by atoms with van der Waals surface area (Å²) in [4.78, 5) is 33.0. The van der Waals surface area contributed by atoms with Crippen molar-refractivity contribution in [2.75, 3.05) is 10.6 Å². The van der Waals surface area contributed by atoms with Crippen LogP contribution >= 0.6 is 0 Å². The maximum atomic E-state index is 12.6. The first-order chi connectivity index (χ1) is 16.1. The third kappa shape index (κ3) is 4.84. The molecule has 0 fully saturated rings. The molecule has 0 unspecified atom stereocenters. The number of aryl methyl sites for hydroxylation is 2. The lowest BCUT2D eigenvalue weighted by atomic mass is 10.3. The van der Waals surface area contributed by atoms with Crippen LogP contribution in [0.3, 0.4) is 0 Å². The summed E-state index contributed by atoms with van der Waals surface area (Å²) in [5.41, 5.74) is 8.26. The number of H-pyrrole nitrogens is 1. The van der Waals surface area contributed by atoms with Crippen molar-refractivity contribution in [3.8, 4) is 5.75 Å². The lowest BCUT2D eigenvalue weighted by molar-refractivity contribution is -0.653. The van der Waals surface area contributed by atoms with Crippen LogP contribution in [0.1, 0.15) is 12.7 Å². The number of imidazole rings is 1. The number of halogens is 3. The molecule has 0 aliphatic carbocycles. The van der Waals surface area contributed by atoms with Crippen LogP contribution in [-0.2, 0) is 29.7 Å². The van der Waals surface area contributed by atoms with E-state index >= 15 is 0 Å². The largest absolute Gasteiger partial charge is 0.573 e. The molecule has 3 aromatic heterocycles. The molecule has 14 heteroatoms. The quantitative estimate of drug-likeness (QED) is 0.307. The zero-order chi connectivity index (χ0) is 25.0. The van der Waals surface area contributed by atoms with Crippen LogP contribution in [0.25, 0.3) is 22.2 Å². The van der Waals surface area contributed by atoms with Gasteiger partial charge in [-0.2, -0.15) is 0 Å². The van der Waals surface area contributed by atoms with Gasteiger partial charge < -0.3 is 25.4 Å². The van der Waals surface area contributed by atoms with Gasteiger partial charge in [-0.3, -0.25) is 9.69 Å². The fraction of sp³-hybridized carbons (Fsp3) is 0.250. The fourth-order valence-electron chi connectivity index (χ4n) is 3.60. The van der Waals surface area contributed by atoms with Crippen molar-refractivity contribution in [1.29, 1.82) is 0 Å². The number of amides is 1. The Kier molecular flexibility index (Phi) is 6.89. The van der Waals surface area contributed by atoms with Crippen molar-refractivity contribution < 1.29 is 37.2 Å². The zero-order valence-corrected chi connectivity index (χ0v) is 18.0. The molecule has 1 aromatic carbocycles. The number of nitrogens with zero attached hydrogens (tertiary/aromatic N) is 5. The molecular formula is C20H20F3N7O4. The van der Waals surface area contributed by atoms with Gasteiger partial charge in [-0.1, -0.05) is 0 Å². The van der Waals surface area contributed by atoms with Crippen LogP contribution in [-0.4, -0.2) is 38.8 Å². The number of nitrogen functional groups attached to an aromatic ring is 1. The summed E-state index contributed by atoms with van der Waals surface area (Å²) in [5.74, 6) is 0.601. The van der Waals surface area contributed by atoms with E-state index in [1.807, 2.05) is 6.92 Å². The molecule has 0 saturated carbocycles. The first kappa shape index (κ1) is 24.3. The smallest absolute Gasteiger partial charge is 0.554 e. The van der Waals surface area contributed by atoms with Gasteiger partial charge >= 0.3 is 6.36 Å². The van der Waals surface area contributed by atoms with Crippen molar-refractivity contribution in [2.45, 2.75) is 26.4 Å². The van der Waals surface area contributed by atoms with Gasteiger partial charge in [-0.25, -0.2) is 19.1 Å². The number of ether oxygens (including phenoxy) is 1. The van der Waals surface area contributed by atoms with Crippen LogP contribution in [0.2, 0.25) is 0 Å². The highest BCUT2D eigenvalue weighted by molar-refractivity contribution is 5.84. The van der Waals surface area contributed by atoms with Crippen LogP contribution in [0.4, 0.5) is 24.8 Å². The minimum absolute atomic E-state index is 0.0738. The van der Waals surface area contributed by atoms with E-state index < -0.39 is 12.8 Å². The summed E-state index contributed by atoms with van der Waals surface area (Å²) in [6.07, 6.45) is -2.53. The number of nitrogens with two attached hydrogens (primary N) is 1. The topological polar surface area (TPSA) is 146 Å². The molecular weight excluding hydrogens is 459 g/mol. The Morgan fingerprint density at radius 2 is 2.00 bits per heavy atom. The third-order valence-electron chi connectivity index (χ3n) is 4.95. The number of alkyl halides is 3. The Morgan fingerprint density at radius 1 is 1.29 bits per heavy atom. The lowest BCUT2D eigenvalue weighted by Crippen LogP contribution is -2.38. The third-order valence-corrected chi connectivity index (χ3v) is 4.95. The van der Waals surface area contributed by atoms with Crippen LogP contribution in [0, 0.1) is 0 Å². The van der Waals surface area contributed by atoms with Crippen molar-refractivity contribution in [1.82, 2.24) is 19.5 Å². The van der Waals surface area contributed by atoms with E-state index in [2.05, 4.69) is 19.7 Å². The molecule has 0 saturated heterocycles. The van der Waals surface area contributed by atoms with Crippen molar-refractivity contribution in [3.05, 3.63) is 36.3 Å². The second-order valence-corrected chi connectivity index (χ2v) is 6.89. The Morgan fingerprint density at radius 3 is 2.62 bits per heavy atom. The molecule has 34 heavy (non-hydrogen) atoms. The molecule has 1 amide bonds. The standard InChI is InChI=1S/C19H19F3N7O2.CH2O2/c1-3-29-14-8-11(31-19(20,21)22)4-5-13(14)27(2)15(29)9-28(10-30)18-16(23)26-17-12(25-18)6-7-24-17;2-1-3/h4-8,10H,3,9H2,1-2H3,(H3,23,24,26);1H,(H,2,3)/q+1;/p-1. The Hall–Kier alpha value is -4.36. The fourth-order valence-corrected chi connectivity index (χ4v) is 3.60. The highest BCUT2D eigenvalue weighted by Crippen LogP contribution is 2.28. The SMILES string of the molecule is CCn1c(CN(C=O)c2nc3cc[nH]c3nc2N)[n+](C)c2ccc(OC(F)(F)F)cc21.O=C[O-]. The van der Waals surface area contributed by atoms with E-state index in [0.717, 1.165) is 0 Å². The van der Waals surface area contributed by atoms with Crippen LogP contribution in [0.15, 0.2) is 30.5 Å². The number of fused-ring (bicyclic) bond motifs is 2. The van der Waals surface area contributed by atoms with Gasteiger partial charge in [-0.15, -0.1) is 13.2 Å². The van der Waals surface area contributed by atoms with E-state index in [0.29, 0.717) is 41.0 Å². The maximum Gasteiger partial charge on any atom is 0.573 e. The highest BCUT2D eigenvalue weighted by Gasteiger charge is 2.32. The Balaban J connectivity index is 0.00000103. The van der Waals surface area contributed by atoms with E-state index in [1.54, 1.807) is 28.4 Å². The van der Waals surface area contributed by atoms with Gasteiger partial charge in [0, 0.05) is 18.7 Å². The second kappa shape index (κ2) is 9.64. The molecule has 0 radical (unpaired) electrons. The average molecular weight is 479 g/mol. The summed E-state index contributed by atoms with van der Waals surface area (Å²) in [6.45, 7) is 1.88. The van der Waals surface area contributed by atoms with E-state index in [1.165, 1.54) is 23.1 Å². The summed E-state index contributed by atoms with van der Waals surface area (Å²) in [7, 11) is 1.77. The second-order valence-electron chi connectivity index (χ2n) is 6.89. The number of aromatic nitrogens is 5. The summed E-state index contributed by atoms with van der Waals surface area (Å²) in [6, 6.07) is 5.82. The van der Waals surface area contributed by atoms with Crippen LogP contribution < -0.4 is 25.0 Å². The predicted molar refractivity (Wildman–Crippen MR) is 112 cm³/mol. The van der Waals surface area contributed by atoms with E-state index in [4.69, 9.17) is 15.6 Å². The molecule has 0 aliphatic heterocycles. The zero-order valence-electron chi connectivity index (χ0n) is 18.0. The summed E-state index contributed by atoms with van der Waals surface area (Å²) >= 11 is 0. The number of hydrogen-bond acceptors (Lipinski definition) is 7. The maximum absolute atomic E-state index is 12.6. The molecule has 180 valence electrons. The Labute approximate surface area is 190 Å². The summed E-state index contributed by atoms with van der Waals surface area (Å²) in [5, 5.41) is 8.25. The average Bonchev–Trinajstić information content (AvgIpc) is 3.32.